The first-order valence-corrected chi connectivity index (χ1v) is 6.48. The molecule has 0 spiro atoms. The molecule has 0 atom stereocenters. The van der Waals surface area contributed by atoms with E-state index in [-0.39, 0.29) is 5.91 Å². The summed E-state index contributed by atoms with van der Waals surface area (Å²) in [4.78, 5) is 12.2. The molecule has 0 aliphatic carbocycles. The molecule has 0 bridgehead atoms. The second-order valence-corrected chi connectivity index (χ2v) is 4.59. The highest BCUT2D eigenvalue weighted by atomic mass is 16.1. The van der Waals surface area contributed by atoms with Crippen molar-refractivity contribution in [2.24, 2.45) is 0 Å². The molecule has 1 N–H and O–H groups in total. The highest BCUT2D eigenvalue weighted by Crippen LogP contribution is 2.31. The molecule has 1 aliphatic rings. The van der Waals surface area contributed by atoms with E-state index in [1.54, 1.807) is 0 Å². The van der Waals surface area contributed by atoms with E-state index in [9.17, 15) is 4.79 Å². The lowest BCUT2D eigenvalue weighted by Crippen LogP contribution is -2.30. The molecule has 2 heteroatoms. The van der Waals surface area contributed by atoms with E-state index in [0.717, 1.165) is 28.7 Å². The Morgan fingerprint density at radius 3 is 2.00 bits per heavy atom. The molecule has 2 aromatic rings. The Morgan fingerprint density at radius 1 is 0.789 bits per heavy atom. The van der Waals surface area contributed by atoms with Gasteiger partial charge in [-0.25, -0.2) is 0 Å². The van der Waals surface area contributed by atoms with Crippen molar-refractivity contribution in [2.45, 2.75) is 6.42 Å². The van der Waals surface area contributed by atoms with Gasteiger partial charge < -0.3 is 5.32 Å². The summed E-state index contributed by atoms with van der Waals surface area (Å²) < 4.78 is 0. The molecule has 0 aromatic heterocycles. The minimum absolute atomic E-state index is 0.0244. The Balaban J connectivity index is 2.18. The van der Waals surface area contributed by atoms with Crippen molar-refractivity contribution < 1.29 is 4.79 Å². The number of rotatable bonds is 2. The molecule has 0 unspecified atom stereocenters. The molecule has 0 radical (unpaired) electrons. The lowest BCUT2D eigenvalue weighted by atomic mass is 9.90. The summed E-state index contributed by atoms with van der Waals surface area (Å²) in [6.07, 6.45) is 0.875. The van der Waals surface area contributed by atoms with Crippen molar-refractivity contribution in [3.63, 3.8) is 0 Å². The van der Waals surface area contributed by atoms with Crippen LogP contribution in [0.5, 0.6) is 0 Å². The summed E-state index contributed by atoms with van der Waals surface area (Å²) in [5.41, 5.74) is 4.06. The zero-order chi connectivity index (χ0) is 13.1. The summed E-state index contributed by atoms with van der Waals surface area (Å²) in [5, 5.41) is 2.93. The fourth-order valence-electron chi connectivity index (χ4n) is 2.49. The SMILES string of the molecule is O=C1NCCC(c2ccccc2)=C1c1ccccc1. The first kappa shape index (κ1) is 11.7. The Morgan fingerprint density at radius 2 is 1.37 bits per heavy atom. The summed E-state index contributed by atoms with van der Waals surface area (Å²) >= 11 is 0. The van der Waals surface area contributed by atoms with Gasteiger partial charge in [0.1, 0.15) is 0 Å². The van der Waals surface area contributed by atoms with Crippen molar-refractivity contribution in [2.75, 3.05) is 6.54 Å². The number of amides is 1. The Kier molecular flexibility index (Phi) is 3.15. The third-order valence-electron chi connectivity index (χ3n) is 3.37. The zero-order valence-electron chi connectivity index (χ0n) is 10.6. The largest absolute Gasteiger partial charge is 0.352 e. The molecule has 0 saturated heterocycles. The van der Waals surface area contributed by atoms with Crippen LogP contribution in [0.2, 0.25) is 0 Å². The second kappa shape index (κ2) is 5.11. The number of nitrogens with one attached hydrogen (secondary N) is 1. The molecule has 2 aromatic carbocycles. The van der Waals surface area contributed by atoms with Crippen LogP contribution in [0.1, 0.15) is 17.5 Å². The monoisotopic (exact) mass is 249 g/mol. The van der Waals surface area contributed by atoms with Gasteiger partial charge >= 0.3 is 0 Å². The first-order chi connectivity index (χ1) is 9.36. The van der Waals surface area contributed by atoms with E-state index in [1.165, 1.54) is 0 Å². The lowest BCUT2D eigenvalue weighted by Gasteiger charge is -2.21. The van der Waals surface area contributed by atoms with Crippen molar-refractivity contribution in [3.8, 4) is 0 Å². The maximum atomic E-state index is 12.2. The van der Waals surface area contributed by atoms with E-state index >= 15 is 0 Å². The smallest absolute Gasteiger partial charge is 0.252 e. The standard InChI is InChI=1S/C17H15NO/c19-17-16(14-9-5-2-6-10-14)15(11-12-18-17)13-7-3-1-4-8-13/h1-10H,11-12H2,(H,18,19). The Hall–Kier alpha value is -2.35. The van der Waals surface area contributed by atoms with Gasteiger partial charge in [-0.15, -0.1) is 0 Å². The minimum Gasteiger partial charge on any atom is -0.352 e. The molecule has 3 rings (SSSR count). The fourth-order valence-corrected chi connectivity index (χ4v) is 2.49. The Bertz CT molecular complexity index is 614. The van der Waals surface area contributed by atoms with Gasteiger partial charge in [0, 0.05) is 6.54 Å². The van der Waals surface area contributed by atoms with E-state index in [1.807, 2.05) is 48.5 Å². The molecular formula is C17H15NO. The van der Waals surface area contributed by atoms with Gasteiger partial charge in [0.2, 0.25) is 0 Å². The quantitative estimate of drug-likeness (QED) is 0.870. The number of hydrogen-bond donors (Lipinski definition) is 1. The molecule has 1 heterocycles. The third kappa shape index (κ3) is 2.29. The maximum absolute atomic E-state index is 12.2. The van der Waals surface area contributed by atoms with Crippen LogP contribution in [0.15, 0.2) is 60.7 Å². The van der Waals surface area contributed by atoms with Gasteiger partial charge in [-0.2, -0.15) is 0 Å². The van der Waals surface area contributed by atoms with Gasteiger partial charge in [0.05, 0.1) is 5.57 Å². The average molecular weight is 249 g/mol. The van der Waals surface area contributed by atoms with E-state index in [2.05, 4.69) is 17.4 Å². The predicted octanol–water partition coefficient (Wildman–Crippen LogP) is 3.12. The topological polar surface area (TPSA) is 29.1 Å². The molecular weight excluding hydrogens is 234 g/mol. The molecule has 0 fully saturated rings. The molecule has 1 amide bonds. The van der Waals surface area contributed by atoms with Crippen LogP contribution in [0.25, 0.3) is 11.1 Å². The van der Waals surface area contributed by atoms with Crippen LogP contribution in [-0.2, 0) is 4.79 Å². The van der Waals surface area contributed by atoms with Gasteiger partial charge in [0.25, 0.3) is 5.91 Å². The van der Waals surface area contributed by atoms with Crippen LogP contribution in [0, 0.1) is 0 Å². The van der Waals surface area contributed by atoms with Gasteiger partial charge in [-0.05, 0) is 23.1 Å². The van der Waals surface area contributed by atoms with Crippen LogP contribution in [0.4, 0.5) is 0 Å². The normalized spacial score (nSPS) is 15.3. The molecule has 94 valence electrons. The van der Waals surface area contributed by atoms with Crippen molar-refractivity contribution in [3.05, 3.63) is 71.8 Å². The highest BCUT2D eigenvalue weighted by molar-refractivity contribution is 6.27. The fraction of sp³-hybridized carbons (Fsp3) is 0.118. The van der Waals surface area contributed by atoms with Gasteiger partial charge in [-0.1, -0.05) is 60.7 Å². The van der Waals surface area contributed by atoms with Crippen LogP contribution in [-0.4, -0.2) is 12.5 Å². The maximum Gasteiger partial charge on any atom is 0.252 e. The van der Waals surface area contributed by atoms with Crippen molar-refractivity contribution >= 4 is 17.1 Å². The minimum atomic E-state index is 0.0244. The molecule has 2 nitrogen and oxygen atoms in total. The van der Waals surface area contributed by atoms with E-state index in [4.69, 9.17) is 0 Å². The van der Waals surface area contributed by atoms with E-state index in [0.29, 0.717) is 6.54 Å². The predicted molar refractivity (Wildman–Crippen MR) is 77.3 cm³/mol. The zero-order valence-corrected chi connectivity index (χ0v) is 10.6. The van der Waals surface area contributed by atoms with Crippen LogP contribution in [0.3, 0.4) is 0 Å². The van der Waals surface area contributed by atoms with Crippen LogP contribution < -0.4 is 5.32 Å². The van der Waals surface area contributed by atoms with Gasteiger partial charge in [-0.3, -0.25) is 4.79 Å². The second-order valence-electron chi connectivity index (χ2n) is 4.59. The Labute approximate surface area is 112 Å². The number of hydrogen-bond acceptors (Lipinski definition) is 1. The van der Waals surface area contributed by atoms with Gasteiger partial charge in [0.15, 0.2) is 0 Å². The number of benzene rings is 2. The summed E-state index contributed by atoms with van der Waals surface area (Å²) in [5.74, 6) is 0.0244. The number of carbonyl (C=O) groups is 1. The van der Waals surface area contributed by atoms with E-state index < -0.39 is 0 Å². The highest BCUT2D eigenvalue weighted by Gasteiger charge is 2.22. The molecule has 1 aliphatic heterocycles. The summed E-state index contributed by atoms with van der Waals surface area (Å²) in [6.45, 7) is 0.708. The van der Waals surface area contributed by atoms with Crippen LogP contribution >= 0.6 is 0 Å². The average Bonchev–Trinajstić information content (AvgIpc) is 2.49. The van der Waals surface area contributed by atoms with Crippen molar-refractivity contribution in [1.82, 2.24) is 5.32 Å². The third-order valence-corrected chi connectivity index (χ3v) is 3.37. The molecule has 19 heavy (non-hydrogen) atoms. The summed E-state index contributed by atoms with van der Waals surface area (Å²) in [7, 11) is 0. The first-order valence-electron chi connectivity index (χ1n) is 6.48. The van der Waals surface area contributed by atoms with Crippen molar-refractivity contribution in [1.29, 1.82) is 0 Å². The number of carbonyl (C=O) groups excluding carboxylic acids is 1. The lowest BCUT2D eigenvalue weighted by molar-refractivity contribution is -0.115. The molecule has 0 saturated carbocycles. The summed E-state index contributed by atoms with van der Waals surface area (Å²) in [6, 6.07) is 20.0.